The number of hydrogen-bond donors (Lipinski definition) is 1. The molecule has 2 bridgehead atoms. The summed E-state index contributed by atoms with van der Waals surface area (Å²) >= 11 is 0. The number of carbonyl (C=O) groups excluding carboxylic acids is 1. The Kier molecular flexibility index (Phi) is 4.31. The second-order valence-electron chi connectivity index (χ2n) is 6.57. The van der Waals surface area contributed by atoms with Crippen molar-refractivity contribution < 1.29 is 17.6 Å². The van der Waals surface area contributed by atoms with Crippen LogP contribution in [0.3, 0.4) is 0 Å². The molecule has 0 radical (unpaired) electrons. The van der Waals surface area contributed by atoms with Gasteiger partial charge in [-0.1, -0.05) is 18.6 Å². The molecule has 0 spiro atoms. The van der Waals surface area contributed by atoms with Crippen molar-refractivity contribution in [1.29, 1.82) is 0 Å². The molecular weight excluding hydrogens is 319 g/mol. The standard InChI is InChI=1S/C16H21FN2O3S/c1-23(21,22)19(15-5-3-2-4-13(15)17)10-16(20)18-14-9-11-6-7-12(14)8-11/h2-5,11-12,14H,6-10H2,1H3,(H,18,20). The Morgan fingerprint density at radius 1 is 1.30 bits per heavy atom. The maximum Gasteiger partial charge on any atom is 0.241 e. The molecule has 5 nitrogen and oxygen atoms in total. The zero-order chi connectivity index (χ0) is 16.6. The minimum atomic E-state index is -3.75. The number of carbonyl (C=O) groups is 1. The molecule has 2 saturated carbocycles. The quantitative estimate of drug-likeness (QED) is 0.890. The van der Waals surface area contributed by atoms with Crippen LogP contribution in [0, 0.1) is 17.7 Å². The number of para-hydroxylation sites is 1. The SMILES string of the molecule is CS(=O)(=O)N(CC(=O)NC1CC2CCC1C2)c1ccccc1F. The molecule has 2 fully saturated rings. The van der Waals surface area contributed by atoms with E-state index in [0.29, 0.717) is 11.8 Å². The lowest BCUT2D eigenvalue weighted by atomic mass is 9.95. The number of fused-ring (bicyclic) bond motifs is 2. The van der Waals surface area contributed by atoms with Crippen LogP contribution >= 0.6 is 0 Å². The van der Waals surface area contributed by atoms with E-state index in [9.17, 15) is 17.6 Å². The van der Waals surface area contributed by atoms with Crippen LogP contribution in [0.25, 0.3) is 0 Å². The highest BCUT2D eigenvalue weighted by molar-refractivity contribution is 7.92. The van der Waals surface area contributed by atoms with Crippen LogP contribution in [-0.2, 0) is 14.8 Å². The molecule has 0 aromatic heterocycles. The average Bonchev–Trinajstić information content (AvgIpc) is 3.07. The van der Waals surface area contributed by atoms with E-state index in [1.807, 2.05) is 0 Å². The number of amides is 1. The molecule has 3 atom stereocenters. The predicted molar refractivity (Wildman–Crippen MR) is 86.0 cm³/mol. The van der Waals surface area contributed by atoms with E-state index in [1.54, 1.807) is 6.07 Å². The van der Waals surface area contributed by atoms with Crippen molar-refractivity contribution in [2.45, 2.75) is 31.7 Å². The molecule has 1 N–H and O–H groups in total. The molecule has 3 unspecified atom stereocenters. The fourth-order valence-electron chi connectivity index (χ4n) is 3.84. The number of benzene rings is 1. The summed E-state index contributed by atoms with van der Waals surface area (Å²) in [6.07, 6.45) is 5.44. The topological polar surface area (TPSA) is 66.5 Å². The number of rotatable bonds is 5. The van der Waals surface area contributed by atoms with Gasteiger partial charge in [0.1, 0.15) is 12.4 Å². The van der Waals surface area contributed by atoms with Gasteiger partial charge in [-0.2, -0.15) is 0 Å². The highest BCUT2D eigenvalue weighted by Gasteiger charge is 2.40. The summed E-state index contributed by atoms with van der Waals surface area (Å²) in [5.74, 6) is 0.147. The molecule has 1 aromatic rings. The smallest absolute Gasteiger partial charge is 0.241 e. The van der Waals surface area contributed by atoms with Gasteiger partial charge in [0.25, 0.3) is 0 Å². The average molecular weight is 340 g/mol. The van der Waals surface area contributed by atoms with Gasteiger partial charge in [-0.15, -0.1) is 0 Å². The summed E-state index contributed by atoms with van der Waals surface area (Å²) in [5.41, 5.74) is -0.0990. The van der Waals surface area contributed by atoms with Gasteiger partial charge >= 0.3 is 0 Å². The number of nitrogens with one attached hydrogen (secondary N) is 1. The first-order chi connectivity index (χ1) is 10.8. The molecule has 1 aromatic carbocycles. The van der Waals surface area contributed by atoms with E-state index in [1.165, 1.54) is 24.6 Å². The van der Waals surface area contributed by atoms with Gasteiger partial charge in [0.2, 0.25) is 15.9 Å². The summed E-state index contributed by atoms with van der Waals surface area (Å²) < 4.78 is 38.7. The molecule has 0 aliphatic heterocycles. The normalized spacial score (nSPS) is 26.3. The third-order valence-electron chi connectivity index (χ3n) is 4.89. The monoisotopic (exact) mass is 340 g/mol. The van der Waals surface area contributed by atoms with Crippen LogP contribution < -0.4 is 9.62 Å². The number of anilines is 1. The van der Waals surface area contributed by atoms with Crippen molar-refractivity contribution in [3.05, 3.63) is 30.1 Å². The fourth-order valence-corrected chi connectivity index (χ4v) is 4.70. The maximum atomic E-state index is 13.9. The summed E-state index contributed by atoms with van der Waals surface area (Å²) in [6, 6.07) is 5.70. The number of hydrogen-bond acceptors (Lipinski definition) is 3. The molecule has 23 heavy (non-hydrogen) atoms. The van der Waals surface area contributed by atoms with Crippen molar-refractivity contribution >= 4 is 21.6 Å². The first kappa shape index (κ1) is 16.2. The predicted octanol–water partition coefficient (Wildman–Crippen LogP) is 1.90. The lowest BCUT2D eigenvalue weighted by molar-refractivity contribution is -0.120. The molecule has 126 valence electrons. The molecule has 2 aliphatic rings. The van der Waals surface area contributed by atoms with E-state index in [2.05, 4.69) is 5.32 Å². The van der Waals surface area contributed by atoms with Crippen molar-refractivity contribution in [3.8, 4) is 0 Å². The van der Waals surface area contributed by atoms with Gasteiger partial charge in [0.15, 0.2) is 0 Å². The zero-order valence-electron chi connectivity index (χ0n) is 13.0. The molecule has 2 aliphatic carbocycles. The number of nitrogens with zero attached hydrogens (tertiary/aromatic N) is 1. The second-order valence-corrected chi connectivity index (χ2v) is 8.48. The molecule has 0 heterocycles. The third-order valence-corrected chi connectivity index (χ3v) is 6.02. The van der Waals surface area contributed by atoms with E-state index in [-0.39, 0.29) is 17.6 Å². The van der Waals surface area contributed by atoms with Crippen LogP contribution in [0.2, 0.25) is 0 Å². The maximum absolute atomic E-state index is 13.9. The van der Waals surface area contributed by atoms with E-state index in [4.69, 9.17) is 0 Å². The minimum Gasteiger partial charge on any atom is -0.352 e. The highest BCUT2D eigenvalue weighted by atomic mass is 32.2. The highest BCUT2D eigenvalue weighted by Crippen LogP contribution is 2.44. The Balaban J connectivity index is 1.72. The largest absolute Gasteiger partial charge is 0.352 e. The van der Waals surface area contributed by atoms with Crippen molar-refractivity contribution in [3.63, 3.8) is 0 Å². The van der Waals surface area contributed by atoms with Crippen LogP contribution in [0.5, 0.6) is 0 Å². The van der Waals surface area contributed by atoms with Crippen molar-refractivity contribution in [2.75, 3.05) is 17.1 Å². The van der Waals surface area contributed by atoms with E-state index < -0.39 is 22.4 Å². The zero-order valence-corrected chi connectivity index (χ0v) is 13.9. The third kappa shape index (κ3) is 3.49. The van der Waals surface area contributed by atoms with Gasteiger partial charge < -0.3 is 5.32 Å². The first-order valence-electron chi connectivity index (χ1n) is 7.86. The number of halogens is 1. The lowest BCUT2D eigenvalue weighted by Crippen LogP contribution is -2.45. The van der Waals surface area contributed by atoms with Gasteiger partial charge in [0.05, 0.1) is 11.9 Å². The molecule has 0 saturated heterocycles. The Hall–Kier alpha value is -1.63. The Morgan fingerprint density at radius 3 is 2.61 bits per heavy atom. The summed E-state index contributed by atoms with van der Waals surface area (Å²) in [7, 11) is -3.75. The van der Waals surface area contributed by atoms with E-state index >= 15 is 0 Å². The molecule has 7 heteroatoms. The Morgan fingerprint density at radius 2 is 2.04 bits per heavy atom. The van der Waals surface area contributed by atoms with Gasteiger partial charge in [0, 0.05) is 6.04 Å². The minimum absolute atomic E-state index is 0.0990. The van der Waals surface area contributed by atoms with Crippen molar-refractivity contribution in [2.24, 2.45) is 11.8 Å². The fraction of sp³-hybridized carbons (Fsp3) is 0.562. The molecule has 3 rings (SSSR count). The number of sulfonamides is 1. The van der Waals surface area contributed by atoms with Crippen LogP contribution in [0.15, 0.2) is 24.3 Å². The van der Waals surface area contributed by atoms with Gasteiger partial charge in [-0.25, -0.2) is 12.8 Å². The summed E-state index contributed by atoms with van der Waals surface area (Å²) in [5, 5.41) is 2.93. The molecular formula is C16H21FN2O3S. The lowest BCUT2D eigenvalue weighted by Gasteiger charge is -2.26. The van der Waals surface area contributed by atoms with Gasteiger partial charge in [-0.3, -0.25) is 9.10 Å². The second kappa shape index (κ2) is 6.11. The Bertz CT molecular complexity index is 707. The van der Waals surface area contributed by atoms with Crippen LogP contribution in [0.1, 0.15) is 25.7 Å². The van der Waals surface area contributed by atoms with Crippen LogP contribution in [0.4, 0.5) is 10.1 Å². The summed E-state index contributed by atoms with van der Waals surface area (Å²) in [6.45, 7) is -0.395. The Labute approximate surface area is 135 Å². The van der Waals surface area contributed by atoms with Crippen LogP contribution in [-0.4, -0.2) is 33.2 Å². The van der Waals surface area contributed by atoms with Gasteiger partial charge in [-0.05, 0) is 43.2 Å². The van der Waals surface area contributed by atoms with Crippen molar-refractivity contribution in [1.82, 2.24) is 5.32 Å². The summed E-state index contributed by atoms with van der Waals surface area (Å²) in [4.78, 5) is 12.3. The van der Waals surface area contributed by atoms with E-state index in [0.717, 1.165) is 29.8 Å². The first-order valence-corrected chi connectivity index (χ1v) is 9.71. The molecule has 1 amide bonds.